The van der Waals surface area contributed by atoms with Crippen LogP contribution in [0.25, 0.3) is 0 Å². The lowest BCUT2D eigenvalue weighted by atomic mass is 10.1. The fraction of sp³-hybridized carbons (Fsp3) is 0.455. The Kier molecular flexibility index (Phi) is 3.67. The Morgan fingerprint density at radius 2 is 2.08 bits per heavy atom. The molecule has 0 aromatic carbocycles. The fourth-order valence-electron chi connectivity index (χ4n) is 1.51. The molecule has 13 heavy (non-hydrogen) atoms. The molecule has 0 bridgehead atoms. The van der Waals surface area contributed by atoms with Crippen molar-refractivity contribution < 1.29 is 0 Å². The van der Waals surface area contributed by atoms with Crippen molar-refractivity contribution in [3.63, 3.8) is 0 Å². The molecule has 72 valence electrons. The zero-order chi connectivity index (χ0) is 9.84. The van der Waals surface area contributed by atoms with Gasteiger partial charge in [-0.25, -0.2) is 0 Å². The van der Waals surface area contributed by atoms with E-state index < -0.39 is 0 Å². The number of hydrogen-bond acceptors (Lipinski definition) is 2. The van der Waals surface area contributed by atoms with Crippen molar-refractivity contribution in [3.8, 4) is 0 Å². The third-order valence-corrected chi connectivity index (χ3v) is 3.32. The van der Waals surface area contributed by atoms with E-state index in [0.29, 0.717) is 5.25 Å². The van der Waals surface area contributed by atoms with Crippen LogP contribution < -0.4 is 5.32 Å². The van der Waals surface area contributed by atoms with Crippen molar-refractivity contribution in [2.24, 2.45) is 0 Å². The standard InChI is InChI=1S/C11H17NS/c1-8-7-9(2)11(13-4)6-5-10(8)12-3/h5-7,11-12H,1-4H3. The van der Waals surface area contributed by atoms with Crippen LogP contribution in [0.3, 0.4) is 0 Å². The molecular formula is C11H17NS. The molecule has 0 fully saturated rings. The summed E-state index contributed by atoms with van der Waals surface area (Å²) in [5, 5.41) is 3.73. The molecule has 1 N–H and O–H groups in total. The Bertz CT molecular complexity index is 274. The summed E-state index contributed by atoms with van der Waals surface area (Å²) < 4.78 is 0. The summed E-state index contributed by atoms with van der Waals surface area (Å²) in [5.41, 5.74) is 3.95. The Labute approximate surface area is 85.0 Å². The van der Waals surface area contributed by atoms with Crippen LogP contribution in [-0.4, -0.2) is 18.6 Å². The molecule has 1 rings (SSSR count). The molecule has 0 amide bonds. The maximum atomic E-state index is 3.20. The summed E-state index contributed by atoms with van der Waals surface area (Å²) in [6.07, 6.45) is 8.82. The molecule has 1 aliphatic carbocycles. The van der Waals surface area contributed by atoms with Crippen molar-refractivity contribution in [2.45, 2.75) is 19.1 Å². The second-order valence-electron chi connectivity index (χ2n) is 3.25. The zero-order valence-corrected chi connectivity index (χ0v) is 9.53. The van der Waals surface area contributed by atoms with Gasteiger partial charge in [0.2, 0.25) is 0 Å². The summed E-state index contributed by atoms with van der Waals surface area (Å²) >= 11 is 1.87. The van der Waals surface area contributed by atoms with Gasteiger partial charge in [-0.2, -0.15) is 11.8 Å². The Morgan fingerprint density at radius 3 is 2.62 bits per heavy atom. The molecule has 0 aliphatic heterocycles. The normalized spacial score (nSPS) is 22.8. The molecule has 0 spiro atoms. The second kappa shape index (κ2) is 4.56. The van der Waals surface area contributed by atoms with E-state index >= 15 is 0 Å². The molecule has 1 aliphatic rings. The average Bonchev–Trinajstić information content (AvgIpc) is 2.24. The van der Waals surface area contributed by atoms with Crippen LogP contribution in [0.5, 0.6) is 0 Å². The summed E-state index contributed by atoms with van der Waals surface area (Å²) in [4.78, 5) is 0. The topological polar surface area (TPSA) is 12.0 Å². The highest BCUT2D eigenvalue weighted by atomic mass is 32.2. The van der Waals surface area contributed by atoms with Crippen LogP contribution in [0.1, 0.15) is 13.8 Å². The molecule has 1 atom stereocenters. The molecule has 2 heteroatoms. The molecule has 1 unspecified atom stereocenters. The van der Waals surface area contributed by atoms with Gasteiger partial charge in [0, 0.05) is 18.0 Å². The number of rotatable bonds is 2. The molecule has 0 saturated heterocycles. The average molecular weight is 195 g/mol. The van der Waals surface area contributed by atoms with E-state index in [1.807, 2.05) is 18.8 Å². The quantitative estimate of drug-likeness (QED) is 0.727. The van der Waals surface area contributed by atoms with E-state index in [2.05, 4.69) is 43.6 Å². The monoisotopic (exact) mass is 195 g/mol. The molecule has 1 nitrogen and oxygen atoms in total. The number of likely N-dealkylation sites (N-methyl/N-ethyl adjacent to an activating group) is 1. The van der Waals surface area contributed by atoms with Crippen LogP contribution in [0.4, 0.5) is 0 Å². The highest BCUT2D eigenvalue weighted by molar-refractivity contribution is 7.99. The van der Waals surface area contributed by atoms with Crippen LogP contribution in [0.15, 0.2) is 35.1 Å². The lowest BCUT2D eigenvalue weighted by Gasteiger charge is -2.08. The van der Waals surface area contributed by atoms with Gasteiger partial charge in [-0.15, -0.1) is 0 Å². The SMILES string of the molecule is CNC1=C(C)C=C(C)C(SC)C=C1. The van der Waals surface area contributed by atoms with E-state index in [9.17, 15) is 0 Å². The zero-order valence-electron chi connectivity index (χ0n) is 8.72. The van der Waals surface area contributed by atoms with Crippen LogP contribution >= 0.6 is 11.8 Å². The Hall–Kier alpha value is -0.630. The molecule has 0 heterocycles. The first-order chi connectivity index (χ1) is 6.19. The van der Waals surface area contributed by atoms with Gasteiger partial charge >= 0.3 is 0 Å². The molecule has 0 saturated carbocycles. The highest BCUT2D eigenvalue weighted by Gasteiger charge is 2.09. The van der Waals surface area contributed by atoms with Crippen LogP contribution in [-0.2, 0) is 0 Å². The second-order valence-corrected chi connectivity index (χ2v) is 4.23. The summed E-state index contributed by atoms with van der Waals surface area (Å²) in [6, 6.07) is 0. The number of hydrogen-bond donors (Lipinski definition) is 1. The molecule has 0 aromatic heterocycles. The van der Waals surface area contributed by atoms with Crippen LogP contribution in [0.2, 0.25) is 0 Å². The maximum absolute atomic E-state index is 3.20. The maximum Gasteiger partial charge on any atom is 0.0438 e. The van der Waals surface area contributed by atoms with Gasteiger partial charge < -0.3 is 5.32 Å². The van der Waals surface area contributed by atoms with Crippen molar-refractivity contribution >= 4 is 11.8 Å². The molecular weight excluding hydrogens is 178 g/mol. The van der Waals surface area contributed by atoms with Crippen molar-refractivity contribution in [3.05, 3.63) is 35.1 Å². The third-order valence-electron chi connectivity index (χ3n) is 2.28. The first-order valence-electron chi connectivity index (χ1n) is 4.47. The van der Waals surface area contributed by atoms with E-state index in [1.165, 1.54) is 16.8 Å². The van der Waals surface area contributed by atoms with Gasteiger partial charge in [0.25, 0.3) is 0 Å². The smallest absolute Gasteiger partial charge is 0.0438 e. The highest BCUT2D eigenvalue weighted by Crippen LogP contribution is 2.23. The predicted molar refractivity (Wildman–Crippen MR) is 62.0 cm³/mol. The van der Waals surface area contributed by atoms with E-state index in [1.54, 1.807) is 0 Å². The van der Waals surface area contributed by atoms with Crippen molar-refractivity contribution in [1.29, 1.82) is 0 Å². The van der Waals surface area contributed by atoms with Crippen molar-refractivity contribution in [1.82, 2.24) is 5.32 Å². The van der Waals surface area contributed by atoms with Gasteiger partial charge in [-0.05, 0) is 31.8 Å². The fourth-order valence-corrected chi connectivity index (χ4v) is 2.19. The molecule has 0 aromatic rings. The predicted octanol–water partition coefficient (Wildman–Crippen LogP) is 2.73. The minimum atomic E-state index is 0.529. The number of nitrogens with one attached hydrogen (secondary N) is 1. The van der Waals surface area contributed by atoms with E-state index in [4.69, 9.17) is 0 Å². The van der Waals surface area contributed by atoms with Gasteiger partial charge in [0.1, 0.15) is 0 Å². The number of allylic oxidation sites excluding steroid dienone is 3. The summed E-state index contributed by atoms with van der Waals surface area (Å²) in [5.74, 6) is 0. The Balaban J connectivity index is 2.99. The van der Waals surface area contributed by atoms with Crippen molar-refractivity contribution in [2.75, 3.05) is 13.3 Å². The van der Waals surface area contributed by atoms with Crippen LogP contribution in [0, 0.1) is 0 Å². The summed E-state index contributed by atoms with van der Waals surface area (Å²) in [6.45, 7) is 4.33. The van der Waals surface area contributed by atoms with Gasteiger partial charge in [-0.3, -0.25) is 0 Å². The van der Waals surface area contributed by atoms with E-state index in [0.717, 1.165) is 0 Å². The third kappa shape index (κ3) is 2.41. The molecule has 0 radical (unpaired) electrons. The lowest BCUT2D eigenvalue weighted by Crippen LogP contribution is -2.04. The lowest BCUT2D eigenvalue weighted by molar-refractivity contribution is 1.01. The first kappa shape index (κ1) is 10.5. The van der Waals surface area contributed by atoms with Gasteiger partial charge in [-0.1, -0.05) is 17.7 Å². The van der Waals surface area contributed by atoms with Gasteiger partial charge in [0.15, 0.2) is 0 Å². The number of thioether (sulfide) groups is 1. The Morgan fingerprint density at radius 1 is 1.38 bits per heavy atom. The van der Waals surface area contributed by atoms with Gasteiger partial charge in [0.05, 0.1) is 0 Å². The minimum Gasteiger partial charge on any atom is -0.388 e. The largest absolute Gasteiger partial charge is 0.388 e. The minimum absolute atomic E-state index is 0.529. The van der Waals surface area contributed by atoms with E-state index in [-0.39, 0.29) is 0 Å². The first-order valence-corrected chi connectivity index (χ1v) is 5.75. The summed E-state index contributed by atoms with van der Waals surface area (Å²) in [7, 11) is 1.96.